The van der Waals surface area contributed by atoms with E-state index in [0.29, 0.717) is 33.8 Å². The summed E-state index contributed by atoms with van der Waals surface area (Å²) >= 11 is 3.36. The van der Waals surface area contributed by atoms with Gasteiger partial charge in [-0.1, -0.05) is 22.0 Å². The van der Waals surface area contributed by atoms with E-state index in [-0.39, 0.29) is 12.2 Å². The molecule has 29 heavy (non-hydrogen) atoms. The maximum atomic E-state index is 12.9. The van der Waals surface area contributed by atoms with Crippen LogP contribution < -0.4 is 15.0 Å². The fourth-order valence-electron chi connectivity index (χ4n) is 2.66. The van der Waals surface area contributed by atoms with Crippen molar-refractivity contribution in [3.63, 3.8) is 0 Å². The summed E-state index contributed by atoms with van der Waals surface area (Å²) in [6, 6.07) is 10.5. The molecule has 2 aromatic carbocycles. The molecule has 0 aliphatic heterocycles. The average Bonchev–Trinajstić information content (AvgIpc) is 2.72. The second-order valence-corrected chi connectivity index (χ2v) is 6.84. The highest BCUT2D eigenvalue weighted by atomic mass is 79.9. The summed E-state index contributed by atoms with van der Waals surface area (Å²) in [4.78, 5) is 28.7. The number of carbonyl (C=O) groups is 1. The van der Waals surface area contributed by atoms with Crippen LogP contribution in [0.15, 0.2) is 50.8 Å². The molecule has 0 aliphatic carbocycles. The van der Waals surface area contributed by atoms with E-state index in [9.17, 15) is 9.59 Å². The molecule has 0 bridgehead atoms. The van der Waals surface area contributed by atoms with E-state index in [1.807, 2.05) is 6.07 Å². The largest absolute Gasteiger partial charge is 0.493 e. The van der Waals surface area contributed by atoms with Gasteiger partial charge in [0, 0.05) is 10.0 Å². The van der Waals surface area contributed by atoms with Crippen LogP contribution in [0.4, 0.5) is 0 Å². The minimum atomic E-state index is -0.532. The zero-order chi connectivity index (χ0) is 21.0. The number of benzene rings is 2. The predicted molar refractivity (Wildman–Crippen MR) is 112 cm³/mol. The van der Waals surface area contributed by atoms with E-state index in [1.54, 1.807) is 37.3 Å². The average molecular weight is 460 g/mol. The molecule has 3 aromatic rings. The zero-order valence-corrected chi connectivity index (χ0v) is 17.6. The van der Waals surface area contributed by atoms with Crippen molar-refractivity contribution in [1.82, 2.24) is 9.66 Å². The lowest BCUT2D eigenvalue weighted by Gasteiger charge is -2.12. The summed E-state index contributed by atoms with van der Waals surface area (Å²) in [6.45, 7) is 1.41. The highest BCUT2D eigenvalue weighted by molar-refractivity contribution is 9.10. The lowest BCUT2D eigenvalue weighted by Crippen LogP contribution is -2.20. The number of carbonyl (C=O) groups excluding carboxylic acids is 1. The normalized spacial score (nSPS) is 11.0. The molecule has 0 fully saturated rings. The Labute approximate surface area is 174 Å². The van der Waals surface area contributed by atoms with Gasteiger partial charge in [0.2, 0.25) is 0 Å². The molecule has 0 N–H and O–H groups in total. The molecule has 8 nitrogen and oxygen atoms in total. The number of aromatic nitrogens is 2. The molecule has 0 atom stereocenters. The zero-order valence-electron chi connectivity index (χ0n) is 16.0. The molecule has 0 saturated heterocycles. The highest BCUT2D eigenvalue weighted by Crippen LogP contribution is 2.30. The number of para-hydroxylation sites is 1. The van der Waals surface area contributed by atoms with E-state index < -0.39 is 5.97 Å². The molecule has 0 saturated carbocycles. The maximum Gasteiger partial charge on any atom is 0.343 e. The number of hydrogen-bond acceptors (Lipinski definition) is 7. The van der Waals surface area contributed by atoms with Crippen molar-refractivity contribution in [2.75, 3.05) is 20.8 Å². The SMILES string of the molecule is COC(=O)COc1c(C=Nn2c(C)nc3ccc(Br)cc3c2=O)cccc1OC. The predicted octanol–water partition coefficient (Wildman–Crippen LogP) is 2.91. The molecule has 150 valence electrons. The summed E-state index contributed by atoms with van der Waals surface area (Å²) in [6.07, 6.45) is 1.45. The van der Waals surface area contributed by atoms with Crippen LogP contribution in [0.2, 0.25) is 0 Å². The molecular formula is C20H18BrN3O5. The van der Waals surface area contributed by atoms with Gasteiger partial charge in [0.05, 0.1) is 31.3 Å². The lowest BCUT2D eigenvalue weighted by molar-refractivity contribution is -0.142. The summed E-state index contributed by atoms with van der Waals surface area (Å²) in [5.41, 5.74) is 0.810. The molecule has 0 amide bonds. The third-order valence-electron chi connectivity index (χ3n) is 4.07. The second kappa shape index (κ2) is 8.87. The molecule has 1 heterocycles. The monoisotopic (exact) mass is 459 g/mol. The maximum absolute atomic E-state index is 12.9. The Morgan fingerprint density at radius 3 is 2.79 bits per heavy atom. The van der Waals surface area contributed by atoms with Crippen LogP contribution in [-0.4, -0.2) is 42.7 Å². The minimum absolute atomic E-state index is 0.289. The molecule has 0 spiro atoms. The first kappa shape index (κ1) is 20.5. The van der Waals surface area contributed by atoms with Gasteiger partial charge in [-0.25, -0.2) is 9.78 Å². The van der Waals surface area contributed by atoms with Crippen molar-refractivity contribution in [3.8, 4) is 11.5 Å². The van der Waals surface area contributed by atoms with Gasteiger partial charge in [-0.05, 0) is 37.3 Å². The number of hydrogen-bond donors (Lipinski definition) is 0. The van der Waals surface area contributed by atoms with Gasteiger partial charge in [0.15, 0.2) is 18.1 Å². The van der Waals surface area contributed by atoms with Crippen molar-refractivity contribution >= 4 is 39.0 Å². The van der Waals surface area contributed by atoms with Crippen molar-refractivity contribution in [2.24, 2.45) is 5.10 Å². The number of methoxy groups -OCH3 is 2. The lowest BCUT2D eigenvalue weighted by atomic mass is 10.2. The molecule has 1 aromatic heterocycles. The van der Waals surface area contributed by atoms with E-state index >= 15 is 0 Å². The highest BCUT2D eigenvalue weighted by Gasteiger charge is 2.13. The van der Waals surface area contributed by atoms with Crippen LogP contribution in [0.5, 0.6) is 11.5 Å². The molecule has 0 radical (unpaired) electrons. The summed E-state index contributed by atoms with van der Waals surface area (Å²) in [5, 5.41) is 4.73. The Morgan fingerprint density at radius 2 is 2.07 bits per heavy atom. The van der Waals surface area contributed by atoms with E-state index in [4.69, 9.17) is 9.47 Å². The molecule has 3 rings (SSSR count). The van der Waals surface area contributed by atoms with Gasteiger partial charge >= 0.3 is 5.97 Å². The smallest absolute Gasteiger partial charge is 0.343 e. The van der Waals surface area contributed by atoms with Crippen molar-refractivity contribution in [1.29, 1.82) is 0 Å². The van der Waals surface area contributed by atoms with Crippen molar-refractivity contribution in [3.05, 3.63) is 62.6 Å². The molecule has 0 unspecified atom stereocenters. The van der Waals surface area contributed by atoms with Crippen LogP contribution >= 0.6 is 15.9 Å². The Bertz CT molecular complexity index is 1160. The van der Waals surface area contributed by atoms with Gasteiger partial charge in [0.1, 0.15) is 5.82 Å². The fourth-order valence-corrected chi connectivity index (χ4v) is 3.02. The van der Waals surface area contributed by atoms with Crippen molar-refractivity contribution in [2.45, 2.75) is 6.92 Å². The number of esters is 1. The van der Waals surface area contributed by atoms with Crippen LogP contribution in [0.1, 0.15) is 11.4 Å². The minimum Gasteiger partial charge on any atom is -0.493 e. The number of aryl methyl sites for hydroxylation is 1. The first-order chi connectivity index (χ1) is 13.9. The van der Waals surface area contributed by atoms with E-state index in [1.165, 1.54) is 25.1 Å². The van der Waals surface area contributed by atoms with Gasteiger partial charge in [0.25, 0.3) is 5.56 Å². The Hall–Kier alpha value is -3.20. The summed E-state index contributed by atoms with van der Waals surface area (Å²) in [7, 11) is 2.76. The Kier molecular flexibility index (Phi) is 6.28. The summed E-state index contributed by atoms with van der Waals surface area (Å²) < 4.78 is 17.4. The Morgan fingerprint density at radius 1 is 1.28 bits per heavy atom. The first-order valence-corrected chi connectivity index (χ1v) is 9.33. The van der Waals surface area contributed by atoms with Crippen LogP contribution in [0.3, 0.4) is 0 Å². The van der Waals surface area contributed by atoms with Gasteiger partial charge in [-0.3, -0.25) is 4.79 Å². The molecular weight excluding hydrogens is 442 g/mol. The fraction of sp³-hybridized carbons (Fsp3) is 0.200. The Balaban J connectivity index is 2.04. The number of nitrogens with zero attached hydrogens (tertiary/aromatic N) is 3. The number of fused-ring (bicyclic) bond motifs is 1. The number of halogens is 1. The second-order valence-electron chi connectivity index (χ2n) is 5.93. The van der Waals surface area contributed by atoms with E-state index in [0.717, 1.165) is 4.47 Å². The molecule has 9 heteroatoms. The number of ether oxygens (including phenoxy) is 3. The van der Waals surface area contributed by atoms with Crippen LogP contribution in [-0.2, 0) is 9.53 Å². The topological polar surface area (TPSA) is 92.0 Å². The molecule has 0 aliphatic rings. The first-order valence-electron chi connectivity index (χ1n) is 8.54. The van der Waals surface area contributed by atoms with Gasteiger partial charge < -0.3 is 14.2 Å². The third kappa shape index (κ3) is 4.45. The van der Waals surface area contributed by atoms with Gasteiger partial charge in [-0.15, -0.1) is 0 Å². The number of rotatable bonds is 6. The van der Waals surface area contributed by atoms with Crippen LogP contribution in [0.25, 0.3) is 10.9 Å². The summed E-state index contributed by atoms with van der Waals surface area (Å²) in [5.74, 6) is 0.630. The van der Waals surface area contributed by atoms with E-state index in [2.05, 4.69) is 30.8 Å². The third-order valence-corrected chi connectivity index (χ3v) is 4.57. The van der Waals surface area contributed by atoms with Gasteiger partial charge in [-0.2, -0.15) is 9.78 Å². The standard InChI is InChI=1S/C20H18BrN3O5/c1-12-23-16-8-7-14(21)9-15(16)20(26)24(12)22-10-13-5-4-6-17(27-2)19(13)29-11-18(25)28-3/h4-10H,11H2,1-3H3. The van der Waals surface area contributed by atoms with Crippen LogP contribution in [0, 0.1) is 6.92 Å². The van der Waals surface area contributed by atoms with Crippen molar-refractivity contribution < 1.29 is 19.0 Å². The quantitative estimate of drug-likeness (QED) is 0.415.